The molecule has 1 saturated carbocycles. The largest absolute Gasteiger partial charge is 0.496 e. The first-order valence-electron chi connectivity index (χ1n) is 7.81. The fourth-order valence-corrected chi connectivity index (χ4v) is 3.08. The van der Waals surface area contributed by atoms with E-state index < -0.39 is 0 Å². The molecule has 0 unspecified atom stereocenters. The molecule has 1 aliphatic rings. The summed E-state index contributed by atoms with van der Waals surface area (Å²) < 4.78 is 5.52. The highest BCUT2D eigenvalue weighted by atomic mass is 16.5. The molecule has 0 bridgehead atoms. The summed E-state index contributed by atoms with van der Waals surface area (Å²) in [7, 11) is 4.00. The van der Waals surface area contributed by atoms with Gasteiger partial charge in [0, 0.05) is 24.7 Å². The Morgan fingerprint density at radius 2 is 2.05 bits per heavy atom. The number of methoxy groups -OCH3 is 1. The quantitative estimate of drug-likeness (QED) is 0.828. The van der Waals surface area contributed by atoms with E-state index in [1.807, 2.05) is 0 Å². The van der Waals surface area contributed by atoms with Gasteiger partial charge in [-0.05, 0) is 44.1 Å². The van der Waals surface area contributed by atoms with Crippen LogP contribution in [0.2, 0.25) is 0 Å². The second-order valence-corrected chi connectivity index (χ2v) is 5.78. The van der Waals surface area contributed by atoms with E-state index in [0.717, 1.165) is 31.4 Å². The molecule has 1 aromatic carbocycles. The molecule has 3 heteroatoms. The molecule has 0 spiro atoms. The van der Waals surface area contributed by atoms with Crippen LogP contribution in [0.1, 0.15) is 43.7 Å². The Morgan fingerprint density at radius 3 is 2.70 bits per heavy atom. The van der Waals surface area contributed by atoms with Gasteiger partial charge in [0.25, 0.3) is 0 Å². The molecule has 0 radical (unpaired) electrons. The van der Waals surface area contributed by atoms with Gasteiger partial charge in [-0.25, -0.2) is 0 Å². The predicted octanol–water partition coefficient (Wildman–Crippen LogP) is 3.18. The normalized spacial score (nSPS) is 16.0. The standard InChI is InChI=1S/C17H28N2O/c1-4-18-12-14-9-10-17(20-3)15(11-14)13-19(2)16-7-5-6-8-16/h9-11,16,18H,4-8,12-13H2,1-3H3. The van der Waals surface area contributed by atoms with Crippen LogP contribution in [0.25, 0.3) is 0 Å². The Kier molecular flexibility index (Phi) is 5.86. The zero-order valence-electron chi connectivity index (χ0n) is 13.1. The SMILES string of the molecule is CCNCc1ccc(OC)c(CN(C)C2CCCC2)c1. The number of nitrogens with zero attached hydrogens (tertiary/aromatic N) is 1. The summed E-state index contributed by atoms with van der Waals surface area (Å²) in [6, 6.07) is 7.29. The van der Waals surface area contributed by atoms with Gasteiger partial charge in [-0.15, -0.1) is 0 Å². The van der Waals surface area contributed by atoms with E-state index in [1.165, 1.54) is 36.8 Å². The minimum Gasteiger partial charge on any atom is -0.496 e. The van der Waals surface area contributed by atoms with Crippen LogP contribution in [0, 0.1) is 0 Å². The van der Waals surface area contributed by atoms with Gasteiger partial charge in [-0.2, -0.15) is 0 Å². The van der Waals surface area contributed by atoms with Gasteiger partial charge in [0.15, 0.2) is 0 Å². The minimum absolute atomic E-state index is 0.747. The number of benzene rings is 1. The van der Waals surface area contributed by atoms with E-state index in [-0.39, 0.29) is 0 Å². The molecule has 0 amide bonds. The summed E-state index contributed by atoms with van der Waals surface area (Å²) in [5.41, 5.74) is 2.64. The molecule has 2 rings (SSSR count). The monoisotopic (exact) mass is 276 g/mol. The number of nitrogens with one attached hydrogen (secondary N) is 1. The van der Waals surface area contributed by atoms with Crippen molar-refractivity contribution in [2.24, 2.45) is 0 Å². The van der Waals surface area contributed by atoms with Crippen molar-refractivity contribution in [3.8, 4) is 5.75 Å². The van der Waals surface area contributed by atoms with Gasteiger partial charge in [-0.3, -0.25) is 4.90 Å². The highest BCUT2D eigenvalue weighted by molar-refractivity contribution is 5.37. The summed E-state index contributed by atoms with van der Waals surface area (Å²) in [5, 5.41) is 3.38. The van der Waals surface area contributed by atoms with Gasteiger partial charge in [-0.1, -0.05) is 25.8 Å². The van der Waals surface area contributed by atoms with E-state index in [2.05, 4.69) is 42.4 Å². The Hall–Kier alpha value is -1.06. The van der Waals surface area contributed by atoms with Crippen LogP contribution in [0.4, 0.5) is 0 Å². The Labute approximate surface area is 123 Å². The Balaban J connectivity index is 2.06. The maximum atomic E-state index is 5.52. The van der Waals surface area contributed by atoms with Gasteiger partial charge < -0.3 is 10.1 Å². The summed E-state index contributed by atoms with van der Waals surface area (Å²) >= 11 is 0. The minimum atomic E-state index is 0.747. The third-order valence-electron chi connectivity index (χ3n) is 4.29. The lowest BCUT2D eigenvalue weighted by atomic mass is 10.1. The third-order valence-corrected chi connectivity index (χ3v) is 4.29. The van der Waals surface area contributed by atoms with Crippen LogP contribution in [0.3, 0.4) is 0 Å². The summed E-state index contributed by atoms with van der Waals surface area (Å²) in [6.45, 7) is 5.05. The molecular weight excluding hydrogens is 248 g/mol. The highest BCUT2D eigenvalue weighted by Crippen LogP contribution is 2.27. The Morgan fingerprint density at radius 1 is 1.30 bits per heavy atom. The fraction of sp³-hybridized carbons (Fsp3) is 0.647. The second kappa shape index (κ2) is 7.65. The maximum absolute atomic E-state index is 5.52. The second-order valence-electron chi connectivity index (χ2n) is 5.78. The zero-order chi connectivity index (χ0) is 14.4. The topological polar surface area (TPSA) is 24.5 Å². The summed E-state index contributed by atoms with van der Waals surface area (Å²) in [6.07, 6.45) is 5.45. The first-order valence-corrected chi connectivity index (χ1v) is 7.81. The van der Waals surface area contributed by atoms with Crippen molar-refractivity contribution in [1.82, 2.24) is 10.2 Å². The average Bonchev–Trinajstić information content (AvgIpc) is 2.99. The van der Waals surface area contributed by atoms with Crippen molar-refractivity contribution in [3.63, 3.8) is 0 Å². The molecule has 1 aromatic rings. The van der Waals surface area contributed by atoms with Crippen molar-refractivity contribution >= 4 is 0 Å². The van der Waals surface area contributed by atoms with E-state index in [1.54, 1.807) is 7.11 Å². The van der Waals surface area contributed by atoms with Crippen molar-refractivity contribution in [2.75, 3.05) is 20.7 Å². The summed E-state index contributed by atoms with van der Waals surface area (Å²) in [5.74, 6) is 1.01. The molecule has 20 heavy (non-hydrogen) atoms. The van der Waals surface area contributed by atoms with Crippen LogP contribution in [0.5, 0.6) is 5.75 Å². The van der Waals surface area contributed by atoms with Gasteiger partial charge in [0.2, 0.25) is 0 Å². The highest BCUT2D eigenvalue weighted by Gasteiger charge is 2.20. The number of ether oxygens (including phenoxy) is 1. The van der Waals surface area contributed by atoms with Gasteiger partial charge in [0.05, 0.1) is 7.11 Å². The lowest BCUT2D eigenvalue weighted by Gasteiger charge is -2.25. The molecule has 112 valence electrons. The first kappa shape index (κ1) is 15.3. The van der Waals surface area contributed by atoms with E-state index >= 15 is 0 Å². The van der Waals surface area contributed by atoms with Crippen molar-refractivity contribution in [1.29, 1.82) is 0 Å². The molecule has 1 fully saturated rings. The predicted molar refractivity (Wildman–Crippen MR) is 84.1 cm³/mol. The molecular formula is C17H28N2O. The van der Waals surface area contributed by atoms with Crippen LogP contribution in [-0.2, 0) is 13.1 Å². The summed E-state index contributed by atoms with van der Waals surface area (Å²) in [4.78, 5) is 2.49. The third kappa shape index (κ3) is 3.97. The van der Waals surface area contributed by atoms with Crippen LogP contribution >= 0.6 is 0 Å². The van der Waals surface area contributed by atoms with E-state index in [0.29, 0.717) is 0 Å². The molecule has 1 N–H and O–H groups in total. The number of rotatable bonds is 7. The van der Waals surface area contributed by atoms with Crippen molar-refractivity contribution < 1.29 is 4.74 Å². The molecule has 0 saturated heterocycles. The lowest BCUT2D eigenvalue weighted by Crippen LogP contribution is -2.28. The number of hydrogen-bond donors (Lipinski definition) is 1. The maximum Gasteiger partial charge on any atom is 0.123 e. The van der Waals surface area contributed by atoms with Crippen molar-refractivity contribution in [2.45, 2.75) is 51.7 Å². The molecule has 3 nitrogen and oxygen atoms in total. The van der Waals surface area contributed by atoms with Crippen molar-refractivity contribution in [3.05, 3.63) is 29.3 Å². The molecule has 0 atom stereocenters. The molecule has 1 aliphatic carbocycles. The molecule has 0 heterocycles. The van der Waals surface area contributed by atoms with Crippen LogP contribution in [-0.4, -0.2) is 31.6 Å². The first-order chi connectivity index (χ1) is 9.74. The molecule has 0 aliphatic heterocycles. The molecule has 0 aromatic heterocycles. The van der Waals surface area contributed by atoms with E-state index in [4.69, 9.17) is 4.74 Å². The van der Waals surface area contributed by atoms with Gasteiger partial charge >= 0.3 is 0 Å². The average molecular weight is 276 g/mol. The van der Waals surface area contributed by atoms with Crippen LogP contribution in [0.15, 0.2) is 18.2 Å². The fourth-order valence-electron chi connectivity index (χ4n) is 3.08. The van der Waals surface area contributed by atoms with Crippen LogP contribution < -0.4 is 10.1 Å². The zero-order valence-corrected chi connectivity index (χ0v) is 13.1. The van der Waals surface area contributed by atoms with E-state index in [9.17, 15) is 0 Å². The Bertz CT molecular complexity index is 413. The number of hydrogen-bond acceptors (Lipinski definition) is 3. The smallest absolute Gasteiger partial charge is 0.123 e. The lowest BCUT2D eigenvalue weighted by molar-refractivity contribution is 0.234. The van der Waals surface area contributed by atoms with Gasteiger partial charge in [0.1, 0.15) is 5.75 Å².